The van der Waals surface area contributed by atoms with Crippen molar-refractivity contribution in [2.24, 2.45) is 0 Å². The van der Waals surface area contributed by atoms with E-state index in [4.69, 9.17) is 4.98 Å². The number of rotatable bonds is 3. The molecule has 0 spiro atoms. The van der Waals surface area contributed by atoms with E-state index in [1.165, 1.54) is 5.56 Å². The number of nitrogens with one attached hydrogen (secondary N) is 1. The average molecular weight is 417 g/mol. The molecule has 3 aromatic carbocycles. The van der Waals surface area contributed by atoms with Gasteiger partial charge in [-0.2, -0.15) is 0 Å². The Hall–Kier alpha value is -4.05. The maximum atomic E-state index is 4.99. The monoisotopic (exact) mass is 416 g/mol. The number of para-hydroxylation sites is 4. The van der Waals surface area contributed by atoms with Gasteiger partial charge in [-0.25, -0.2) is 4.98 Å². The number of anilines is 1. The summed E-state index contributed by atoms with van der Waals surface area (Å²) in [5, 5.41) is 3.37. The fraction of sp³-hybridized carbons (Fsp3) is 0.107. The maximum absolute atomic E-state index is 4.99. The van der Waals surface area contributed by atoms with E-state index in [0.29, 0.717) is 0 Å². The minimum atomic E-state index is -0.203. The number of hydrogen-bond acceptors (Lipinski definition) is 2. The van der Waals surface area contributed by atoms with E-state index in [9.17, 15) is 0 Å². The van der Waals surface area contributed by atoms with Crippen LogP contribution in [0.15, 0.2) is 97.2 Å². The zero-order valence-electron chi connectivity index (χ0n) is 18.2. The molecular formula is C28H24N4. The predicted molar refractivity (Wildman–Crippen MR) is 132 cm³/mol. The van der Waals surface area contributed by atoms with Gasteiger partial charge in [-0.15, -0.1) is 0 Å². The summed E-state index contributed by atoms with van der Waals surface area (Å²) in [4.78, 5) is 4.99. The van der Waals surface area contributed by atoms with Crippen molar-refractivity contribution < 1.29 is 0 Å². The van der Waals surface area contributed by atoms with Crippen LogP contribution in [0.3, 0.4) is 0 Å². The molecule has 2 aromatic heterocycles. The van der Waals surface area contributed by atoms with Crippen LogP contribution < -0.4 is 5.32 Å². The highest BCUT2D eigenvalue weighted by Crippen LogP contribution is 2.37. The molecular weight excluding hydrogens is 392 g/mol. The second-order valence-electron chi connectivity index (χ2n) is 8.52. The molecule has 0 aliphatic carbocycles. The Labute approximate surface area is 187 Å². The molecule has 5 aromatic rings. The van der Waals surface area contributed by atoms with Crippen molar-refractivity contribution in [3.05, 3.63) is 114 Å². The Bertz CT molecular complexity index is 1520. The van der Waals surface area contributed by atoms with Crippen molar-refractivity contribution in [3.63, 3.8) is 0 Å². The molecule has 32 heavy (non-hydrogen) atoms. The first-order valence-electron chi connectivity index (χ1n) is 10.9. The molecule has 156 valence electrons. The third-order valence-corrected chi connectivity index (χ3v) is 6.47. The van der Waals surface area contributed by atoms with Crippen molar-refractivity contribution in [2.75, 3.05) is 5.32 Å². The molecule has 1 N–H and O–H groups in total. The fourth-order valence-electron chi connectivity index (χ4n) is 4.78. The number of aromatic nitrogens is 3. The summed E-state index contributed by atoms with van der Waals surface area (Å²) in [5.41, 5.74) is 7.75. The summed E-state index contributed by atoms with van der Waals surface area (Å²) >= 11 is 0. The minimum Gasteiger partial charge on any atom is -0.362 e. The molecule has 4 nitrogen and oxygen atoms in total. The van der Waals surface area contributed by atoms with Crippen LogP contribution in [0.4, 0.5) is 5.69 Å². The van der Waals surface area contributed by atoms with Crippen LogP contribution >= 0.6 is 0 Å². The molecule has 1 unspecified atom stereocenters. The third kappa shape index (κ3) is 2.73. The minimum absolute atomic E-state index is 0.203. The van der Waals surface area contributed by atoms with Crippen LogP contribution in [0.5, 0.6) is 0 Å². The van der Waals surface area contributed by atoms with Crippen LogP contribution in [0.1, 0.15) is 23.9 Å². The normalized spacial score (nSPS) is 17.8. The molecule has 0 saturated carbocycles. The second-order valence-corrected chi connectivity index (χ2v) is 8.52. The highest BCUT2D eigenvalue weighted by atomic mass is 15.2. The lowest BCUT2D eigenvalue weighted by Gasteiger charge is -2.29. The zero-order chi connectivity index (χ0) is 21.7. The van der Waals surface area contributed by atoms with Crippen LogP contribution in [0.2, 0.25) is 0 Å². The molecule has 0 fully saturated rings. The van der Waals surface area contributed by atoms with Gasteiger partial charge in [0.2, 0.25) is 5.78 Å². The summed E-state index contributed by atoms with van der Waals surface area (Å²) < 4.78 is 4.52. The van der Waals surface area contributed by atoms with Crippen LogP contribution in [0, 0.1) is 6.92 Å². The van der Waals surface area contributed by atoms with E-state index in [2.05, 4.69) is 113 Å². The number of allylic oxidation sites excluding steroid dienone is 2. The molecule has 0 bridgehead atoms. The first kappa shape index (κ1) is 18.7. The molecule has 0 saturated heterocycles. The summed E-state index contributed by atoms with van der Waals surface area (Å²) in [6.45, 7) is 4.43. The average Bonchev–Trinajstić information content (AvgIpc) is 3.32. The largest absolute Gasteiger partial charge is 0.362 e. The van der Waals surface area contributed by atoms with Gasteiger partial charge in [-0.3, -0.25) is 8.97 Å². The molecule has 0 radical (unpaired) electrons. The van der Waals surface area contributed by atoms with E-state index in [-0.39, 0.29) is 5.41 Å². The quantitative estimate of drug-likeness (QED) is 0.364. The van der Waals surface area contributed by atoms with Crippen molar-refractivity contribution in [3.8, 4) is 5.69 Å². The highest BCUT2D eigenvalue weighted by molar-refractivity contribution is 5.82. The van der Waals surface area contributed by atoms with E-state index in [1.807, 2.05) is 18.3 Å². The van der Waals surface area contributed by atoms with Crippen LogP contribution in [0.25, 0.3) is 28.6 Å². The molecule has 1 aliphatic rings. The molecule has 4 heteroatoms. The number of nitrogens with zero attached hydrogens (tertiary/aromatic N) is 3. The molecule has 0 amide bonds. The van der Waals surface area contributed by atoms with Gasteiger partial charge >= 0.3 is 0 Å². The first-order valence-corrected chi connectivity index (χ1v) is 10.9. The van der Waals surface area contributed by atoms with Crippen molar-refractivity contribution in [2.45, 2.75) is 19.3 Å². The first-order chi connectivity index (χ1) is 15.7. The third-order valence-electron chi connectivity index (χ3n) is 6.47. The maximum Gasteiger partial charge on any atom is 0.220 e. The van der Waals surface area contributed by atoms with E-state index < -0.39 is 0 Å². The van der Waals surface area contributed by atoms with Crippen LogP contribution in [-0.4, -0.2) is 14.0 Å². The number of imidazole rings is 2. The number of fused-ring (bicyclic) bond motifs is 4. The molecule has 3 heterocycles. The topological polar surface area (TPSA) is 34.3 Å². The Morgan fingerprint density at radius 3 is 2.53 bits per heavy atom. The molecule has 1 atom stereocenters. The number of hydrogen-bond donors (Lipinski definition) is 1. The SMILES string of the molecule is Cc1c(/C=C\C2(C)C=CNc3ccccc32)n2c3ccccc3nc2n1-c1ccccc1. The number of benzene rings is 3. The van der Waals surface area contributed by atoms with Gasteiger partial charge in [0.05, 0.1) is 16.7 Å². The Balaban J connectivity index is 1.59. The summed E-state index contributed by atoms with van der Waals surface area (Å²) in [6, 6.07) is 27.3. The van der Waals surface area contributed by atoms with E-state index in [0.717, 1.165) is 39.6 Å². The summed E-state index contributed by atoms with van der Waals surface area (Å²) in [6.07, 6.45) is 8.81. The van der Waals surface area contributed by atoms with Gasteiger partial charge in [-0.1, -0.05) is 60.7 Å². The fourth-order valence-corrected chi connectivity index (χ4v) is 4.78. The van der Waals surface area contributed by atoms with Crippen molar-refractivity contribution >= 4 is 28.6 Å². The highest BCUT2D eigenvalue weighted by Gasteiger charge is 2.26. The Kier molecular flexibility index (Phi) is 4.08. The van der Waals surface area contributed by atoms with Gasteiger partial charge in [0.25, 0.3) is 0 Å². The standard InChI is InChI=1S/C28H24N4/c1-20-25(16-17-28(2)18-19-29-23-13-7-6-12-22(23)28)32-26-15-9-8-14-24(26)30-27(32)31(20)21-10-4-3-5-11-21/h3-19,29H,1-2H3/b17-16-. The van der Waals surface area contributed by atoms with Crippen molar-refractivity contribution in [1.29, 1.82) is 0 Å². The van der Waals surface area contributed by atoms with Crippen LogP contribution in [-0.2, 0) is 5.41 Å². The molecule has 6 rings (SSSR count). The van der Waals surface area contributed by atoms with Gasteiger partial charge in [0, 0.05) is 22.5 Å². The van der Waals surface area contributed by atoms with Crippen molar-refractivity contribution in [1.82, 2.24) is 14.0 Å². The lowest BCUT2D eigenvalue weighted by Crippen LogP contribution is -2.21. The summed E-state index contributed by atoms with van der Waals surface area (Å²) in [7, 11) is 0. The zero-order valence-corrected chi connectivity index (χ0v) is 18.2. The second kappa shape index (κ2) is 6.99. The molecule has 1 aliphatic heterocycles. The lowest BCUT2D eigenvalue weighted by molar-refractivity contribution is 0.754. The summed E-state index contributed by atoms with van der Waals surface area (Å²) in [5.74, 6) is 0.931. The Morgan fingerprint density at radius 2 is 1.66 bits per heavy atom. The van der Waals surface area contributed by atoms with E-state index >= 15 is 0 Å². The van der Waals surface area contributed by atoms with Gasteiger partial charge in [0.15, 0.2) is 0 Å². The van der Waals surface area contributed by atoms with Gasteiger partial charge < -0.3 is 5.32 Å². The van der Waals surface area contributed by atoms with Gasteiger partial charge in [0.1, 0.15) is 0 Å². The van der Waals surface area contributed by atoms with Gasteiger partial charge in [-0.05, 0) is 62.0 Å². The Morgan fingerprint density at radius 1 is 0.906 bits per heavy atom. The lowest BCUT2D eigenvalue weighted by atomic mass is 9.79. The predicted octanol–water partition coefficient (Wildman–Crippen LogP) is 6.50. The smallest absolute Gasteiger partial charge is 0.220 e. The van der Waals surface area contributed by atoms with E-state index in [1.54, 1.807) is 0 Å².